The summed E-state index contributed by atoms with van der Waals surface area (Å²) < 4.78 is 27.6. The fourth-order valence-corrected chi connectivity index (χ4v) is 3.81. The average Bonchev–Trinajstić information content (AvgIpc) is 2.84. The molecule has 182 valence electrons. The van der Waals surface area contributed by atoms with E-state index in [-0.39, 0.29) is 45.3 Å². The van der Waals surface area contributed by atoms with Crippen LogP contribution in [0.1, 0.15) is 0 Å². The largest absolute Gasteiger partial charge is 0.507 e. The number of aliphatic hydroxyl groups is 4. The summed E-state index contributed by atoms with van der Waals surface area (Å²) in [4.78, 5) is 12.9. The Balaban J connectivity index is 1.80. The molecule has 0 spiro atoms. The minimum atomic E-state index is -1.63. The molecule has 11 nitrogen and oxygen atoms in total. The van der Waals surface area contributed by atoms with Gasteiger partial charge in [-0.15, -0.1) is 0 Å². The van der Waals surface area contributed by atoms with E-state index in [1.807, 2.05) is 0 Å². The van der Waals surface area contributed by atoms with E-state index in [0.717, 1.165) is 6.07 Å². The highest BCUT2D eigenvalue weighted by molar-refractivity contribution is 5.92. The normalized spacial score (nSPS) is 24.7. The lowest BCUT2D eigenvalue weighted by atomic mass is 9.99. The van der Waals surface area contributed by atoms with Crippen molar-refractivity contribution in [2.24, 2.45) is 0 Å². The predicted molar refractivity (Wildman–Crippen MR) is 117 cm³/mol. The van der Waals surface area contributed by atoms with E-state index in [0.29, 0.717) is 0 Å². The summed E-state index contributed by atoms with van der Waals surface area (Å²) in [7, 11) is 2.73. The highest BCUT2D eigenvalue weighted by atomic mass is 16.7. The fourth-order valence-electron chi connectivity index (χ4n) is 3.81. The number of methoxy groups -OCH3 is 2. The van der Waals surface area contributed by atoms with Crippen LogP contribution in [0.2, 0.25) is 0 Å². The first-order valence-corrected chi connectivity index (χ1v) is 10.3. The highest BCUT2D eigenvalue weighted by Gasteiger charge is 2.45. The third-order valence-electron chi connectivity index (χ3n) is 5.57. The monoisotopic (exact) mass is 476 g/mol. The Morgan fingerprint density at radius 3 is 2.38 bits per heavy atom. The van der Waals surface area contributed by atoms with E-state index < -0.39 is 42.7 Å². The van der Waals surface area contributed by atoms with Crippen molar-refractivity contribution in [1.82, 2.24) is 0 Å². The van der Waals surface area contributed by atoms with Crippen LogP contribution in [0.4, 0.5) is 0 Å². The number of hydrogen-bond donors (Lipinski definition) is 5. The Labute approximate surface area is 192 Å². The topological polar surface area (TPSA) is 168 Å². The molecule has 1 aromatic heterocycles. The lowest BCUT2D eigenvalue weighted by Gasteiger charge is -2.39. The average molecular weight is 476 g/mol. The van der Waals surface area contributed by atoms with Crippen LogP contribution in [0.15, 0.2) is 45.6 Å². The molecule has 3 aromatic rings. The van der Waals surface area contributed by atoms with E-state index in [9.17, 15) is 30.3 Å². The van der Waals surface area contributed by atoms with E-state index in [4.69, 9.17) is 23.4 Å². The molecule has 0 saturated carbocycles. The van der Waals surface area contributed by atoms with Gasteiger partial charge in [0.05, 0.1) is 26.4 Å². The van der Waals surface area contributed by atoms with Gasteiger partial charge in [-0.3, -0.25) is 4.79 Å². The third kappa shape index (κ3) is 4.04. The number of fused-ring (bicyclic) bond motifs is 1. The van der Waals surface area contributed by atoms with E-state index in [1.165, 1.54) is 26.4 Å². The molecule has 1 aliphatic heterocycles. The lowest BCUT2D eigenvalue weighted by Crippen LogP contribution is -2.60. The van der Waals surface area contributed by atoms with Crippen molar-refractivity contribution in [3.63, 3.8) is 0 Å². The van der Waals surface area contributed by atoms with Gasteiger partial charge in [0, 0.05) is 12.1 Å². The molecule has 5 atom stereocenters. The van der Waals surface area contributed by atoms with Crippen molar-refractivity contribution < 1.29 is 48.9 Å². The molecule has 0 radical (unpaired) electrons. The molecule has 11 heteroatoms. The van der Waals surface area contributed by atoms with Gasteiger partial charge < -0.3 is 48.9 Å². The van der Waals surface area contributed by atoms with Crippen LogP contribution in [-0.4, -0.2) is 77.1 Å². The Morgan fingerprint density at radius 1 is 0.971 bits per heavy atom. The summed E-state index contributed by atoms with van der Waals surface area (Å²) in [6.07, 6.45) is -7.39. The van der Waals surface area contributed by atoms with E-state index in [2.05, 4.69) is 0 Å². The molecule has 0 unspecified atom stereocenters. The second kappa shape index (κ2) is 9.49. The molecule has 0 aliphatic carbocycles. The van der Waals surface area contributed by atoms with Gasteiger partial charge in [0.2, 0.25) is 12.0 Å². The summed E-state index contributed by atoms with van der Waals surface area (Å²) in [6.45, 7) is -0.614. The molecule has 1 saturated heterocycles. The summed E-state index contributed by atoms with van der Waals surface area (Å²) in [5.41, 5.74) is -0.329. The minimum Gasteiger partial charge on any atom is -0.507 e. The molecule has 2 heterocycles. The minimum absolute atomic E-state index is 0.0450. The van der Waals surface area contributed by atoms with Gasteiger partial charge in [-0.2, -0.15) is 0 Å². The van der Waals surface area contributed by atoms with Crippen LogP contribution >= 0.6 is 0 Å². The van der Waals surface area contributed by atoms with Crippen LogP contribution in [0, 0.1) is 0 Å². The van der Waals surface area contributed by atoms with Gasteiger partial charge in [0.1, 0.15) is 47.1 Å². The van der Waals surface area contributed by atoms with Gasteiger partial charge in [0.25, 0.3) is 0 Å². The van der Waals surface area contributed by atoms with Crippen molar-refractivity contribution in [2.75, 3.05) is 20.8 Å². The number of aliphatic hydroxyl groups excluding tert-OH is 4. The quantitative estimate of drug-likeness (QED) is 0.333. The number of phenols is 1. The lowest BCUT2D eigenvalue weighted by molar-refractivity contribution is -0.277. The van der Waals surface area contributed by atoms with Crippen molar-refractivity contribution in [1.29, 1.82) is 0 Å². The fraction of sp³-hybridized carbons (Fsp3) is 0.348. The maximum atomic E-state index is 12.9. The van der Waals surface area contributed by atoms with Gasteiger partial charge in [-0.1, -0.05) is 12.1 Å². The maximum Gasteiger partial charge on any atom is 0.229 e. The molecule has 5 N–H and O–H groups in total. The van der Waals surface area contributed by atoms with Crippen molar-refractivity contribution >= 4 is 11.0 Å². The molecule has 2 aromatic carbocycles. The van der Waals surface area contributed by atoms with Gasteiger partial charge in [0.15, 0.2) is 16.8 Å². The first kappa shape index (κ1) is 23.8. The number of rotatable bonds is 6. The molecular formula is C23H24O11. The van der Waals surface area contributed by atoms with E-state index >= 15 is 0 Å². The first-order chi connectivity index (χ1) is 16.3. The number of aromatic hydroxyl groups is 1. The SMILES string of the molecule is COc1cc(O)c2c(=O)cc(-c3ccccc3O[C@@H]3O[C@@H](CO)[C@H](O)[C@@H](O)[C@@H]3O)oc2c1OC. The summed E-state index contributed by atoms with van der Waals surface area (Å²) >= 11 is 0. The second-order valence-corrected chi connectivity index (χ2v) is 7.62. The molecule has 1 aliphatic rings. The van der Waals surface area contributed by atoms with Crippen LogP contribution < -0.4 is 19.6 Å². The van der Waals surface area contributed by atoms with Crippen LogP contribution in [0.5, 0.6) is 23.0 Å². The summed E-state index contributed by atoms with van der Waals surface area (Å²) in [5.74, 6) is 0.0584. The van der Waals surface area contributed by atoms with Gasteiger partial charge in [-0.05, 0) is 12.1 Å². The highest BCUT2D eigenvalue weighted by Crippen LogP contribution is 2.42. The van der Waals surface area contributed by atoms with Crippen molar-refractivity contribution in [3.05, 3.63) is 46.6 Å². The van der Waals surface area contributed by atoms with Crippen molar-refractivity contribution in [2.45, 2.75) is 30.7 Å². The molecule has 34 heavy (non-hydrogen) atoms. The zero-order chi connectivity index (χ0) is 24.6. The predicted octanol–water partition coefficient (Wildman–Crippen LogP) is 0.361. The molecule has 1 fully saturated rings. The Bertz CT molecular complexity index is 1240. The first-order valence-electron chi connectivity index (χ1n) is 10.3. The molecule has 0 bridgehead atoms. The van der Waals surface area contributed by atoms with Gasteiger partial charge in [-0.25, -0.2) is 0 Å². The molecular weight excluding hydrogens is 452 g/mol. The van der Waals surface area contributed by atoms with Crippen molar-refractivity contribution in [3.8, 4) is 34.3 Å². The second-order valence-electron chi connectivity index (χ2n) is 7.62. The zero-order valence-electron chi connectivity index (χ0n) is 18.2. The Morgan fingerprint density at radius 2 is 1.71 bits per heavy atom. The number of benzene rings is 2. The maximum absolute atomic E-state index is 12.9. The Kier molecular flexibility index (Phi) is 6.64. The van der Waals surface area contributed by atoms with Crippen LogP contribution in [0.3, 0.4) is 0 Å². The summed E-state index contributed by atoms with van der Waals surface area (Å²) in [5, 5.41) is 49.9. The van der Waals surface area contributed by atoms with Crippen LogP contribution in [0.25, 0.3) is 22.3 Å². The number of ether oxygens (including phenoxy) is 4. The molecule has 0 amide bonds. The number of phenolic OH excluding ortho intramolecular Hbond substituents is 1. The van der Waals surface area contributed by atoms with Crippen LogP contribution in [-0.2, 0) is 4.74 Å². The number of hydrogen-bond acceptors (Lipinski definition) is 11. The Hall–Kier alpha value is -3.35. The third-order valence-corrected chi connectivity index (χ3v) is 5.57. The smallest absolute Gasteiger partial charge is 0.229 e. The van der Waals surface area contributed by atoms with Gasteiger partial charge >= 0.3 is 0 Å². The molecule has 4 rings (SSSR count). The van der Waals surface area contributed by atoms with E-state index in [1.54, 1.807) is 18.2 Å². The summed E-state index contributed by atoms with van der Waals surface area (Å²) in [6, 6.07) is 8.77. The number of para-hydroxylation sites is 1. The zero-order valence-corrected chi connectivity index (χ0v) is 18.2. The standard InChI is InChI=1S/C23H24O11/c1-30-15-8-12(26)17-11(25)7-14(32-22(17)21(15)31-2)10-5-3-4-6-13(10)33-23-20(29)19(28)18(27)16(9-24)34-23/h3-8,16,18-20,23-24,26-29H,9H2,1-2H3/t16-,18-,19+,20-,23+/m0/s1.